The molecule has 0 saturated carbocycles. The molecule has 1 atom stereocenters. The van der Waals surface area contributed by atoms with Crippen LogP contribution in [0.15, 0.2) is 6.07 Å². The van der Waals surface area contributed by atoms with Gasteiger partial charge < -0.3 is 15.7 Å². The van der Waals surface area contributed by atoms with Crippen molar-refractivity contribution in [1.29, 1.82) is 0 Å². The van der Waals surface area contributed by atoms with Gasteiger partial charge in [-0.15, -0.1) is 0 Å². The van der Waals surface area contributed by atoms with Gasteiger partial charge in [0.05, 0.1) is 5.60 Å². The first-order valence-corrected chi connectivity index (χ1v) is 7.30. The Morgan fingerprint density at radius 2 is 1.95 bits per heavy atom. The predicted molar refractivity (Wildman–Crippen MR) is 81.8 cm³/mol. The monoisotopic (exact) mass is 278 g/mol. The quantitative estimate of drug-likeness (QED) is 0.823. The lowest BCUT2D eigenvalue weighted by Crippen LogP contribution is -2.30. The number of anilines is 2. The fourth-order valence-corrected chi connectivity index (χ4v) is 2.44. The molecule has 0 bridgehead atoms. The molecular weight excluding hydrogens is 252 g/mol. The van der Waals surface area contributed by atoms with Crippen LogP contribution >= 0.6 is 0 Å². The van der Waals surface area contributed by atoms with Crippen LogP contribution in [0, 0.1) is 0 Å². The zero-order chi connectivity index (χ0) is 15.0. The molecule has 1 aromatic heterocycles. The summed E-state index contributed by atoms with van der Waals surface area (Å²) in [5.74, 6) is 2.15. The first kappa shape index (κ1) is 15.0. The predicted octanol–water partition coefficient (Wildman–Crippen LogP) is 2.10. The molecule has 0 aromatic carbocycles. The van der Waals surface area contributed by atoms with Crippen LogP contribution in [0.3, 0.4) is 0 Å². The molecule has 1 aromatic rings. The highest BCUT2D eigenvalue weighted by molar-refractivity contribution is 5.47. The number of nitrogens with zero attached hydrogens (tertiary/aromatic N) is 3. The maximum Gasteiger partial charge on any atom is 0.138 e. The third kappa shape index (κ3) is 3.60. The minimum atomic E-state index is -0.569. The van der Waals surface area contributed by atoms with Gasteiger partial charge in [0.15, 0.2) is 0 Å². The molecule has 2 heterocycles. The minimum Gasteiger partial charge on any atom is -0.390 e. The molecule has 0 amide bonds. The summed E-state index contributed by atoms with van der Waals surface area (Å²) in [4.78, 5) is 11.2. The molecule has 1 fully saturated rings. The van der Waals surface area contributed by atoms with Crippen LogP contribution in [0.5, 0.6) is 0 Å². The van der Waals surface area contributed by atoms with Gasteiger partial charge in [-0.05, 0) is 26.2 Å². The van der Waals surface area contributed by atoms with Crippen LogP contribution in [0.2, 0.25) is 0 Å². The summed E-state index contributed by atoms with van der Waals surface area (Å²) in [5.41, 5.74) is 5.24. The highest BCUT2D eigenvalue weighted by Gasteiger charge is 2.26. The number of aromatic nitrogens is 2. The Bertz CT molecular complexity index is 479. The fraction of sp³-hybridized carbons (Fsp3) is 0.733. The van der Waals surface area contributed by atoms with E-state index in [4.69, 9.17) is 5.73 Å². The lowest BCUT2D eigenvalue weighted by atomic mass is 9.96. The maximum atomic E-state index is 10.2. The van der Waals surface area contributed by atoms with Gasteiger partial charge in [0, 0.05) is 24.6 Å². The standard InChI is InChI=1S/C15H26N4O/c1-14(2,3)13-17-11(16)10-12(18-13)19-8-5-6-15(4,20)7-9-19/h10,20H,5-9H2,1-4H3,(H2,16,17,18). The van der Waals surface area contributed by atoms with Crippen molar-refractivity contribution in [2.75, 3.05) is 23.7 Å². The van der Waals surface area contributed by atoms with Gasteiger partial charge in [-0.3, -0.25) is 0 Å². The zero-order valence-electron chi connectivity index (χ0n) is 13.0. The smallest absolute Gasteiger partial charge is 0.138 e. The van der Waals surface area contributed by atoms with Crippen molar-refractivity contribution in [2.45, 2.75) is 58.0 Å². The van der Waals surface area contributed by atoms with Crippen LogP contribution in [0.25, 0.3) is 0 Å². The second kappa shape index (κ2) is 5.20. The molecule has 0 aliphatic carbocycles. The number of nitrogen functional groups attached to an aromatic ring is 1. The van der Waals surface area contributed by atoms with E-state index in [-0.39, 0.29) is 5.41 Å². The average molecular weight is 278 g/mol. The molecule has 1 aliphatic rings. The Balaban J connectivity index is 2.26. The first-order valence-electron chi connectivity index (χ1n) is 7.30. The van der Waals surface area contributed by atoms with Crippen molar-refractivity contribution in [1.82, 2.24) is 9.97 Å². The average Bonchev–Trinajstić information content (AvgIpc) is 2.48. The summed E-state index contributed by atoms with van der Waals surface area (Å²) in [6.07, 6.45) is 2.54. The molecule has 20 heavy (non-hydrogen) atoms. The fourth-order valence-electron chi connectivity index (χ4n) is 2.44. The van der Waals surface area contributed by atoms with E-state index in [1.165, 1.54) is 0 Å². The lowest BCUT2D eigenvalue weighted by molar-refractivity contribution is 0.0481. The number of aliphatic hydroxyl groups is 1. The van der Waals surface area contributed by atoms with Crippen molar-refractivity contribution in [3.05, 3.63) is 11.9 Å². The van der Waals surface area contributed by atoms with Gasteiger partial charge >= 0.3 is 0 Å². The van der Waals surface area contributed by atoms with Gasteiger partial charge in [-0.25, -0.2) is 9.97 Å². The Labute approximate surface area is 121 Å². The summed E-state index contributed by atoms with van der Waals surface area (Å²) >= 11 is 0. The summed E-state index contributed by atoms with van der Waals surface area (Å²) in [6, 6.07) is 1.83. The minimum absolute atomic E-state index is 0.124. The molecule has 2 rings (SSSR count). The lowest BCUT2D eigenvalue weighted by Gasteiger charge is -2.25. The van der Waals surface area contributed by atoms with Crippen molar-refractivity contribution >= 4 is 11.6 Å². The first-order chi connectivity index (χ1) is 9.17. The number of rotatable bonds is 1. The third-order valence-corrected chi connectivity index (χ3v) is 3.79. The summed E-state index contributed by atoms with van der Waals surface area (Å²) in [6.45, 7) is 9.85. The maximum absolute atomic E-state index is 10.2. The van der Waals surface area contributed by atoms with Crippen LogP contribution in [-0.4, -0.2) is 33.8 Å². The van der Waals surface area contributed by atoms with Gasteiger partial charge in [-0.1, -0.05) is 20.8 Å². The van der Waals surface area contributed by atoms with E-state index in [9.17, 15) is 5.11 Å². The van der Waals surface area contributed by atoms with E-state index in [0.29, 0.717) is 5.82 Å². The molecule has 1 aliphatic heterocycles. The van der Waals surface area contributed by atoms with Crippen molar-refractivity contribution < 1.29 is 5.11 Å². The van der Waals surface area contributed by atoms with E-state index in [1.54, 1.807) is 0 Å². The van der Waals surface area contributed by atoms with E-state index >= 15 is 0 Å². The highest BCUT2D eigenvalue weighted by Crippen LogP contribution is 2.27. The van der Waals surface area contributed by atoms with Gasteiger partial charge in [0.1, 0.15) is 17.5 Å². The molecule has 1 unspecified atom stereocenters. The normalized spacial score (nSPS) is 24.6. The van der Waals surface area contributed by atoms with Crippen molar-refractivity contribution in [3.63, 3.8) is 0 Å². The van der Waals surface area contributed by atoms with Crippen molar-refractivity contribution in [3.8, 4) is 0 Å². The molecule has 3 N–H and O–H groups in total. The van der Waals surface area contributed by atoms with Crippen LogP contribution < -0.4 is 10.6 Å². The molecule has 1 saturated heterocycles. The van der Waals surface area contributed by atoms with Gasteiger partial charge in [0.25, 0.3) is 0 Å². The zero-order valence-corrected chi connectivity index (χ0v) is 13.0. The molecule has 0 spiro atoms. The molecule has 112 valence electrons. The Kier molecular flexibility index (Phi) is 3.91. The second-order valence-electron chi connectivity index (χ2n) is 7.06. The number of nitrogens with two attached hydrogens (primary N) is 1. The number of hydrogen-bond acceptors (Lipinski definition) is 5. The van der Waals surface area contributed by atoms with E-state index in [0.717, 1.165) is 44.0 Å². The summed E-state index contributed by atoms with van der Waals surface area (Å²) in [5, 5.41) is 10.2. The second-order valence-corrected chi connectivity index (χ2v) is 7.06. The van der Waals surface area contributed by atoms with E-state index < -0.39 is 5.60 Å². The SMILES string of the molecule is CC1(O)CCCN(c2cc(N)nc(C(C)(C)C)n2)CC1. The van der Waals surface area contributed by atoms with Crippen LogP contribution in [0.4, 0.5) is 11.6 Å². The Morgan fingerprint density at radius 1 is 1.25 bits per heavy atom. The van der Waals surface area contributed by atoms with E-state index in [2.05, 4.69) is 35.6 Å². The molecule has 5 heteroatoms. The number of hydrogen-bond donors (Lipinski definition) is 2. The van der Waals surface area contributed by atoms with Gasteiger partial charge in [-0.2, -0.15) is 0 Å². The van der Waals surface area contributed by atoms with Crippen LogP contribution in [0.1, 0.15) is 52.8 Å². The largest absolute Gasteiger partial charge is 0.390 e. The molecular formula is C15H26N4O. The topological polar surface area (TPSA) is 75.3 Å². The van der Waals surface area contributed by atoms with Crippen molar-refractivity contribution in [2.24, 2.45) is 0 Å². The Hall–Kier alpha value is -1.36. The summed E-state index contributed by atoms with van der Waals surface area (Å²) < 4.78 is 0. The molecule has 0 radical (unpaired) electrons. The Morgan fingerprint density at radius 3 is 2.60 bits per heavy atom. The molecule has 5 nitrogen and oxygen atoms in total. The van der Waals surface area contributed by atoms with Gasteiger partial charge in [0.2, 0.25) is 0 Å². The van der Waals surface area contributed by atoms with Crippen LogP contribution in [-0.2, 0) is 5.41 Å². The summed E-state index contributed by atoms with van der Waals surface area (Å²) in [7, 11) is 0. The van der Waals surface area contributed by atoms with E-state index in [1.807, 2.05) is 13.0 Å². The highest BCUT2D eigenvalue weighted by atomic mass is 16.3. The third-order valence-electron chi connectivity index (χ3n) is 3.79.